The van der Waals surface area contributed by atoms with Crippen molar-refractivity contribution in [2.24, 2.45) is 15.7 Å². The number of halogens is 4. The first kappa shape index (κ1) is 23.8. The zero-order valence-corrected chi connectivity index (χ0v) is 19.1. The van der Waals surface area contributed by atoms with Crippen LogP contribution in [0.5, 0.6) is 0 Å². The van der Waals surface area contributed by atoms with Crippen LogP contribution in [0.25, 0.3) is 22.0 Å². The number of nitrogens with one attached hydrogen (secondary N) is 2. The van der Waals surface area contributed by atoms with E-state index in [9.17, 15) is 22.4 Å². The smallest absolute Gasteiger partial charge is 0.326 e. The Labute approximate surface area is 205 Å². The van der Waals surface area contributed by atoms with Crippen LogP contribution in [0.4, 0.5) is 23.2 Å². The molecule has 1 aliphatic heterocycles. The van der Waals surface area contributed by atoms with Gasteiger partial charge in [-0.1, -0.05) is 6.07 Å². The van der Waals surface area contributed by atoms with Crippen LogP contribution in [0, 0.1) is 5.82 Å². The number of amides is 1. The van der Waals surface area contributed by atoms with Crippen molar-refractivity contribution in [2.45, 2.75) is 18.8 Å². The molecule has 1 amide bonds. The lowest BCUT2D eigenvalue weighted by Gasteiger charge is -2.19. The van der Waals surface area contributed by atoms with Crippen LogP contribution in [0.2, 0.25) is 0 Å². The highest BCUT2D eigenvalue weighted by molar-refractivity contribution is 7.12. The van der Waals surface area contributed by atoms with E-state index in [0.717, 1.165) is 22.9 Å². The van der Waals surface area contributed by atoms with Crippen LogP contribution < -0.4 is 11.1 Å². The number of benzene rings is 2. The summed E-state index contributed by atoms with van der Waals surface area (Å²) in [6.45, 7) is -0.0111. The molecule has 2 aromatic heterocycles. The molecule has 13 heteroatoms. The number of thiazole rings is 1. The molecule has 1 atom stereocenters. The number of alkyl halides is 3. The summed E-state index contributed by atoms with van der Waals surface area (Å²) in [6.07, 6.45) is -1.92. The maximum absolute atomic E-state index is 14.0. The zero-order valence-electron chi connectivity index (χ0n) is 18.3. The number of hydrogen-bond donors (Lipinski definition) is 3. The van der Waals surface area contributed by atoms with Crippen LogP contribution in [-0.2, 0) is 6.54 Å². The van der Waals surface area contributed by atoms with Crippen molar-refractivity contribution >= 4 is 45.8 Å². The molecule has 36 heavy (non-hydrogen) atoms. The highest BCUT2D eigenvalue weighted by atomic mass is 32.1. The lowest BCUT2D eigenvalue weighted by molar-refractivity contribution is -0.131. The van der Waals surface area contributed by atoms with Crippen LogP contribution in [0.15, 0.2) is 51.9 Å². The van der Waals surface area contributed by atoms with Gasteiger partial charge in [0.05, 0.1) is 23.9 Å². The number of H-pyrrole nitrogens is 1. The van der Waals surface area contributed by atoms with Gasteiger partial charge in [-0.3, -0.25) is 19.9 Å². The van der Waals surface area contributed by atoms with E-state index in [-0.39, 0.29) is 29.5 Å². The Morgan fingerprint density at radius 2 is 2.08 bits per heavy atom. The molecule has 0 aliphatic carbocycles. The van der Waals surface area contributed by atoms with E-state index in [2.05, 4.69) is 30.5 Å². The van der Waals surface area contributed by atoms with Gasteiger partial charge in [0, 0.05) is 34.7 Å². The van der Waals surface area contributed by atoms with E-state index in [1.165, 1.54) is 11.4 Å². The molecule has 2 aromatic carbocycles. The van der Waals surface area contributed by atoms with Gasteiger partial charge in [-0.2, -0.15) is 18.3 Å². The van der Waals surface area contributed by atoms with Crippen molar-refractivity contribution in [3.63, 3.8) is 0 Å². The number of aromatic nitrogens is 3. The van der Waals surface area contributed by atoms with Gasteiger partial charge in [-0.25, -0.2) is 9.37 Å². The summed E-state index contributed by atoms with van der Waals surface area (Å²) in [5, 5.41) is 11.7. The fourth-order valence-corrected chi connectivity index (χ4v) is 4.62. The first-order valence-electron chi connectivity index (χ1n) is 10.6. The van der Waals surface area contributed by atoms with Gasteiger partial charge in [0.25, 0.3) is 5.91 Å². The Morgan fingerprint density at radius 3 is 2.86 bits per heavy atom. The first-order chi connectivity index (χ1) is 17.2. The summed E-state index contributed by atoms with van der Waals surface area (Å²) in [4.78, 5) is 24.6. The highest BCUT2D eigenvalue weighted by Gasteiger charge is 2.45. The SMILES string of the molecule is NCc1cc(-c2cc3cn[nH]c3cc2NC(=O)c2csc(C3=NCC=NC3C(F)(F)F)n2)ccc1F. The second-order valence-electron chi connectivity index (χ2n) is 7.86. The van der Waals surface area contributed by atoms with E-state index < -0.39 is 23.9 Å². The minimum atomic E-state index is -4.63. The fourth-order valence-electron chi connectivity index (χ4n) is 3.79. The predicted molar refractivity (Wildman–Crippen MR) is 129 cm³/mol. The maximum atomic E-state index is 14.0. The molecule has 8 nitrogen and oxygen atoms in total. The van der Waals surface area contributed by atoms with E-state index in [1.54, 1.807) is 30.5 Å². The standard InChI is InChI=1S/C23H17F4N7OS/c24-15-2-1-11(5-12(15)8-28)14-6-13-9-31-34-16(13)7-17(14)32-21(35)18-10-36-22(33-18)19-20(23(25,26)27)30-4-3-29-19/h1-2,4-7,9-10,20H,3,8,28H2,(H,31,34)(H,32,35). The Morgan fingerprint density at radius 1 is 1.25 bits per heavy atom. The molecular weight excluding hydrogens is 498 g/mol. The highest BCUT2D eigenvalue weighted by Crippen LogP contribution is 2.34. The molecule has 184 valence electrons. The van der Waals surface area contributed by atoms with Crippen LogP contribution in [-0.4, -0.2) is 51.8 Å². The topological polar surface area (TPSA) is 121 Å². The molecule has 0 bridgehead atoms. The summed E-state index contributed by atoms with van der Waals surface area (Å²) >= 11 is 0.878. The zero-order chi connectivity index (χ0) is 25.4. The van der Waals surface area contributed by atoms with Crippen molar-refractivity contribution < 1.29 is 22.4 Å². The third-order valence-corrected chi connectivity index (χ3v) is 6.39. The molecule has 1 aliphatic rings. The van der Waals surface area contributed by atoms with Crippen LogP contribution in [0.1, 0.15) is 21.1 Å². The van der Waals surface area contributed by atoms with E-state index >= 15 is 0 Å². The van der Waals surface area contributed by atoms with Crippen molar-refractivity contribution in [1.82, 2.24) is 15.2 Å². The predicted octanol–water partition coefficient (Wildman–Crippen LogP) is 4.34. The molecule has 1 unspecified atom stereocenters. The number of hydrogen-bond acceptors (Lipinski definition) is 7. The van der Waals surface area contributed by atoms with Gasteiger partial charge in [-0.05, 0) is 29.8 Å². The quantitative estimate of drug-likeness (QED) is 0.342. The molecule has 0 radical (unpaired) electrons. The summed E-state index contributed by atoms with van der Waals surface area (Å²) in [6, 6.07) is 5.75. The van der Waals surface area contributed by atoms with Crippen molar-refractivity contribution in [1.29, 1.82) is 0 Å². The molecule has 0 saturated carbocycles. The lowest BCUT2D eigenvalue weighted by Crippen LogP contribution is -2.37. The molecule has 4 N–H and O–H groups in total. The number of rotatable bonds is 5. The van der Waals surface area contributed by atoms with Gasteiger partial charge < -0.3 is 11.1 Å². The summed E-state index contributed by atoms with van der Waals surface area (Å²) in [5.74, 6) is -1.08. The van der Waals surface area contributed by atoms with E-state index in [4.69, 9.17) is 5.73 Å². The van der Waals surface area contributed by atoms with Gasteiger partial charge in [0.2, 0.25) is 0 Å². The Bertz CT molecular complexity index is 1520. The average Bonchev–Trinajstić information content (AvgIpc) is 3.53. The van der Waals surface area contributed by atoms with Crippen LogP contribution in [0.3, 0.4) is 0 Å². The average molecular weight is 515 g/mol. The summed E-state index contributed by atoms with van der Waals surface area (Å²) in [7, 11) is 0. The number of carbonyl (C=O) groups is 1. The van der Waals surface area contributed by atoms with Crippen molar-refractivity contribution in [3.8, 4) is 11.1 Å². The lowest BCUT2D eigenvalue weighted by atomic mass is 9.99. The van der Waals surface area contributed by atoms with E-state index in [1.807, 2.05) is 0 Å². The third kappa shape index (κ3) is 4.50. The number of aliphatic imine (C=N–C) groups is 2. The summed E-state index contributed by atoms with van der Waals surface area (Å²) < 4.78 is 54.2. The number of nitrogens with zero attached hydrogens (tertiary/aromatic N) is 4. The number of fused-ring (bicyclic) bond motifs is 1. The van der Waals surface area contributed by atoms with Gasteiger partial charge in [0.1, 0.15) is 22.2 Å². The van der Waals surface area contributed by atoms with Crippen molar-refractivity contribution in [2.75, 3.05) is 11.9 Å². The number of anilines is 1. The second kappa shape index (κ2) is 9.24. The minimum absolute atomic E-state index is 0.000955. The monoisotopic (exact) mass is 515 g/mol. The normalized spacial score (nSPS) is 15.8. The van der Waals surface area contributed by atoms with Gasteiger partial charge in [0.15, 0.2) is 6.04 Å². The van der Waals surface area contributed by atoms with Gasteiger partial charge in [-0.15, -0.1) is 11.3 Å². The Kier molecular flexibility index (Phi) is 6.10. The molecule has 5 rings (SSSR count). The first-order valence-corrected chi connectivity index (χ1v) is 11.5. The van der Waals surface area contributed by atoms with Crippen molar-refractivity contribution in [3.05, 3.63) is 64.0 Å². The number of aromatic amines is 1. The largest absolute Gasteiger partial charge is 0.416 e. The maximum Gasteiger partial charge on any atom is 0.416 e. The molecule has 3 heterocycles. The molecule has 0 saturated heterocycles. The molecular formula is C23H17F4N7OS. The Hall–Kier alpha value is -3.97. The second-order valence-corrected chi connectivity index (χ2v) is 8.72. The van der Waals surface area contributed by atoms with Gasteiger partial charge >= 0.3 is 6.18 Å². The molecule has 4 aromatic rings. The number of nitrogens with two attached hydrogens (primary N) is 1. The van der Waals surface area contributed by atoms with E-state index in [0.29, 0.717) is 27.9 Å². The Balaban J connectivity index is 1.48. The molecule has 0 fully saturated rings. The third-order valence-electron chi connectivity index (χ3n) is 5.53. The molecule has 0 spiro atoms. The minimum Gasteiger partial charge on any atom is -0.326 e. The fraction of sp³-hybridized carbons (Fsp3) is 0.174. The number of carbonyl (C=O) groups excluding carboxylic acids is 1. The van der Waals surface area contributed by atoms with Crippen LogP contribution >= 0.6 is 11.3 Å². The summed E-state index contributed by atoms with van der Waals surface area (Å²) in [5.41, 5.74) is 7.73.